The Morgan fingerprint density at radius 1 is 1.25 bits per heavy atom. The van der Waals surface area contributed by atoms with Gasteiger partial charge in [-0.05, 0) is 24.6 Å². The van der Waals surface area contributed by atoms with Gasteiger partial charge in [0.25, 0.3) is 0 Å². The molecule has 0 bridgehead atoms. The Hall–Kier alpha value is -0.803. The van der Waals surface area contributed by atoms with E-state index in [4.69, 9.17) is 9.16 Å². The summed E-state index contributed by atoms with van der Waals surface area (Å²) in [5.41, 5.74) is 1.20. The van der Waals surface area contributed by atoms with Gasteiger partial charge in [0.05, 0.1) is 13.2 Å². The Labute approximate surface area is 76.0 Å². The molecule has 0 N–H and O–H groups in total. The zero-order chi connectivity index (χ0) is 8.97. The van der Waals surface area contributed by atoms with Crippen LogP contribution in [0, 0.1) is 0 Å². The van der Waals surface area contributed by atoms with Crippen molar-refractivity contribution in [2.24, 2.45) is 0 Å². The molecule has 1 aromatic rings. The van der Waals surface area contributed by atoms with Gasteiger partial charge in [-0.1, -0.05) is 12.1 Å². The molecule has 12 heavy (non-hydrogen) atoms. The predicted molar refractivity (Wildman–Crippen MR) is 52.4 cm³/mol. The highest BCUT2D eigenvalue weighted by atomic mass is 28.2. The van der Waals surface area contributed by atoms with E-state index in [1.807, 2.05) is 24.3 Å². The van der Waals surface area contributed by atoms with Crippen molar-refractivity contribution < 1.29 is 9.16 Å². The standard InChI is InChI=1S/C9H14O2Si/c1-7(11-12)8-3-5-9(10-2)6-4-8/h3-7H,1-2,12H3. The van der Waals surface area contributed by atoms with Crippen LogP contribution in [0.25, 0.3) is 0 Å². The monoisotopic (exact) mass is 182 g/mol. The lowest BCUT2D eigenvalue weighted by Crippen LogP contribution is -1.96. The third-order valence-corrected chi connectivity index (χ3v) is 2.65. The molecule has 3 heteroatoms. The Bertz CT molecular complexity index is 233. The van der Waals surface area contributed by atoms with Crippen molar-refractivity contribution in [1.82, 2.24) is 0 Å². The molecule has 0 radical (unpaired) electrons. The molecule has 0 heterocycles. The fraction of sp³-hybridized carbons (Fsp3) is 0.333. The van der Waals surface area contributed by atoms with Gasteiger partial charge in [0.1, 0.15) is 16.2 Å². The molecule has 0 saturated heterocycles. The minimum Gasteiger partial charge on any atom is -0.497 e. The summed E-state index contributed by atoms with van der Waals surface area (Å²) in [5.74, 6) is 0.888. The average Bonchev–Trinajstić information content (AvgIpc) is 2.17. The first-order chi connectivity index (χ1) is 5.77. The Morgan fingerprint density at radius 2 is 1.83 bits per heavy atom. The van der Waals surface area contributed by atoms with E-state index < -0.39 is 0 Å². The molecular weight excluding hydrogens is 168 g/mol. The van der Waals surface area contributed by atoms with E-state index in [9.17, 15) is 0 Å². The van der Waals surface area contributed by atoms with Crippen molar-refractivity contribution >= 4 is 10.5 Å². The zero-order valence-corrected chi connectivity index (χ0v) is 9.70. The van der Waals surface area contributed by atoms with Crippen molar-refractivity contribution in [3.05, 3.63) is 29.8 Å². The van der Waals surface area contributed by atoms with Crippen LogP contribution in [-0.2, 0) is 4.43 Å². The van der Waals surface area contributed by atoms with Crippen molar-refractivity contribution in [1.29, 1.82) is 0 Å². The molecule has 0 saturated carbocycles. The lowest BCUT2D eigenvalue weighted by atomic mass is 10.1. The second-order valence-corrected chi connectivity index (χ2v) is 3.12. The highest BCUT2D eigenvalue weighted by molar-refractivity contribution is 5.98. The molecule has 0 aliphatic carbocycles. The maximum absolute atomic E-state index is 5.31. The number of ether oxygens (including phenoxy) is 1. The van der Waals surface area contributed by atoms with Crippen molar-refractivity contribution in [2.45, 2.75) is 13.0 Å². The first-order valence-electron chi connectivity index (χ1n) is 3.94. The minimum absolute atomic E-state index is 0.211. The largest absolute Gasteiger partial charge is 0.497 e. The third kappa shape index (κ3) is 2.09. The molecule has 66 valence electrons. The molecule has 2 nitrogen and oxygen atoms in total. The molecule has 1 atom stereocenters. The number of hydrogen-bond donors (Lipinski definition) is 0. The quantitative estimate of drug-likeness (QED) is 0.651. The van der Waals surface area contributed by atoms with E-state index >= 15 is 0 Å². The fourth-order valence-electron chi connectivity index (χ4n) is 1.01. The second-order valence-electron chi connectivity index (χ2n) is 2.65. The van der Waals surface area contributed by atoms with E-state index in [2.05, 4.69) is 6.92 Å². The molecule has 0 fully saturated rings. The first-order valence-corrected chi connectivity index (χ1v) is 4.76. The Morgan fingerprint density at radius 3 is 2.25 bits per heavy atom. The van der Waals surface area contributed by atoms with Gasteiger partial charge in [-0.2, -0.15) is 0 Å². The van der Waals surface area contributed by atoms with Crippen molar-refractivity contribution in [2.75, 3.05) is 7.11 Å². The summed E-state index contributed by atoms with van der Waals surface area (Å²) in [7, 11) is 2.44. The van der Waals surface area contributed by atoms with Crippen LogP contribution in [0.1, 0.15) is 18.6 Å². The number of methoxy groups -OCH3 is 1. The van der Waals surface area contributed by atoms with E-state index in [-0.39, 0.29) is 6.10 Å². The molecule has 0 aliphatic heterocycles. The van der Waals surface area contributed by atoms with Crippen molar-refractivity contribution in [3.63, 3.8) is 0 Å². The summed E-state index contributed by atoms with van der Waals surface area (Å²) >= 11 is 0. The van der Waals surface area contributed by atoms with Crippen LogP contribution in [0.15, 0.2) is 24.3 Å². The van der Waals surface area contributed by atoms with E-state index in [1.165, 1.54) is 5.56 Å². The minimum atomic E-state index is 0.211. The van der Waals surface area contributed by atoms with Crippen LogP contribution in [0.5, 0.6) is 5.75 Å². The SMILES string of the molecule is COc1ccc(C(C)O[SiH3])cc1. The van der Waals surface area contributed by atoms with Gasteiger partial charge in [-0.3, -0.25) is 0 Å². The third-order valence-electron chi connectivity index (χ3n) is 1.94. The van der Waals surface area contributed by atoms with E-state index in [1.54, 1.807) is 7.11 Å². The molecular formula is C9H14O2Si. The number of hydrogen-bond acceptors (Lipinski definition) is 2. The molecule has 0 spiro atoms. The predicted octanol–water partition coefficient (Wildman–Crippen LogP) is 1.05. The number of rotatable bonds is 3. The van der Waals surface area contributed by atoms with Crippen LogP contribution in [0.3, 0.4) is 0 Å². The smallest absolute Gasteiger partial charge is 0.146 e. The van der Waals surface area contributed by atoms with Crippen molar-refractivity contribution in [3.8, 4) is 5.75 Å². The van der Waals surface area contributed by atoms with Crippen LogP contribution >= 0.6 is 0 Å². The maximum atomic E-state index is 5.31. The normalized spacial score (nSPS) is 12.8. The first kappa shape index (κ1) is 9.29. The van der Waals surface area contributed by atoms with Gasteiger partial charge in [0.2, 0.25) is 0 Å². The highest BCUT2D eigenvalue weighted by Crippen LogP contribution is 2.18. The molecule has 0 aromatic heterocycles. The maximum Gasteiger partial charge on any atom is 0.146 e. The molecule has 0 aliphatic rings. The van der Waals surface area contributed by atoms with Gasteiger partial charge < -0.3 is 9.16 Å². The summed E-state index contributed by atoms with van der Waals surface area (Å²) in [6.45, 7) is 2.05. The zero-order valence-electron chi connectivity index (χ0n) is 7.70. The summed E-state index contributed by atoms with van der Waals surface area (Å²) < 4.78 is 10.4. The van der Waals surface area contributed by atoms with Gasteiger partial charge in [-0.25, -0.2) is 0 Å². The summed E-state index contributed by atoms with van der Waals surface area (Å²) in [6.07, 6.45) is 0.211. The van der Waals surface area contributed by atoms with E-state index in [0.717, 1.165) is 16.2 Å². The number of benzene rings is 1. The lowest BCUT2D eigenvalue weighted by Gasteiger charge is -2.10. The Balaban J connectivity index is 2.77. The van der Waals surface area contributed by atoms with Gasteiger partial charge in [-0.15, -0.1) is 0 Å². The second kappa shape index (κ2) is 4.28. The van der Waals surface area contributed by atoms with Crippen LogP contribution < -0.4 is 4.74 Å². The molecule has 1 rings (SSSR count). The molecule has 1 unspecified atom stereocenters. The average molecular weight is 182 g/mol. The molecule has 1 aromatic carbocycles. The summed E-state index contributed by atoms with van der Waals surface area (Å²) in [4.78, 5) is 0. The highest BCUT2D eigenvalue weighted by Gasteiger charge is 2.01. The summed E-state index contributed by atoms with van der Waals surface area (Å²) in [5, 5.41) is 0. The lowest BCUT2D eigenvalue weighted by molar-refractivity contribution is 0.250. The summed E-state index contributed by atoms with van der Waals surface area (Å²) in [6, 6.07) is 7.96. The topological polar surface area (TPSA) is 18.5 Å². The van der Waals surface area contributed by atoms with Gasteiger partial charge >= 0.3 is 0 Å². The fourth-order valence-corrected chi connectivity index (χ4v) is 1.28. The van der Waals surface area contributed by atoms with Gasteiger partial charge in [0.15, 0.2) is 0 Å². The Kier molecular flexibility index (Phi) is 3.31. The van der Waals surface area contributed by atoms with Crippen LogP contribution in [-0.4, -0.2) is 17.6 Å². The molecule has 0 amide bonds. The van der Waals surface area contributed by atoms with Gasteiger partial charge in [0, 0.05) is 0 Å². The van der Waals surface area contributed by atoms with Crippen LogP contribution in [0.2, 0.25) is 0 Å². The van der Waals surface area contributed by atoms with Crippen LogP contribution in [0.4, 0.5) is 0 Å². The van der Waals surface area contributed by atoms with E-state index in [0.29, 0.717) is 0 Å².